The van der Waals surface area contributed by atoms with E-state index >= 15 is 0 Å². The molecule has 1 aliphatic carbocycles. The van der Waals surface area contributed by atoms with Gasteiger partial charge >= 0.3 is 12.1 Å². The Balaban J connectivity index is 1.57. The first kappa shape index (κ1) is 31.8. The Morgan fingerprint density at radius 3 is 2.44 bits per heavy atom. The smallest absolute Gasteiger partial charge is 0.410 e. The maximum absolute atomic E-state index is 13.4. The molecule has 3 aromatic rings. The lowest BCUT2D eigenvalue weighted by molar-refractivity contribution is -0.114. The average molecular weight is 609 g/mol. The molecular weight excluding hydrogens is 572 g/mol. The summed E-state index contributed by atoms with van der Waals surface area (Å²) in [5.41, 5.74) is 2.54. The van der Waals surface area contributed by atoms with E-state index in [0.717, 1.165) is 17.5 Å². The van der Waals surface area contributed by atoms with Crippen LogP contribution in [-0.2, 0) is 27.1 Å². The largest absolute Gasteiger partial charge is 0.465 e. The molecule has 0 saturated carbocycles. The minimum atomic E-state index is -0.952. The SMILES string of the molecule is COC(=O)c1cc(Oc2ccc3c(c2)C[C@@H](N(C[C@H](O)c2cccc(Cl)c2)C(=O)OC(C)(C)C)CC3)ccc1NC(C)=O. The van der Waals surface area contributed by atoms with Gasteiger partial charge in [-0.2, -0.15) is 0 Å². The molecule has 2 N–H and O–H groups in total. The Morgan fingerprint density at radius 2 is 1.77 bits per heavy atom. The number of hydrogen-bond acceptors (Lipinski definition) is 7. The number of benzene rings is 3. The molecule has 2 amide bonds. The molecule has 3 aromatic carbocycles. The first-order chi connectivity index (χ1) is 20.3. The molecule has 0 unspecified atom stereocenters. The van der Waals surface area contributed by atoms with E-state index in [1.165, 1.54) is 20.1 Å². The molecule has 0 saturated heterocycles. The average Bonchev–Trinajstić information content (AvgIpc) is 2.94. The molecule has 0 aromatic heterocycles. The number of aliphatic hydroxyl groups excluding tert-OH is 1. The molecule has 0 fully saturated rings. The monoisotopic (exact) mass is 608 g/mol. The zero-order chi connectivity index (χ0) is 31.3. The van der Waals surface area contributed by atoms with E-state index in [9.17, 15) is 19.5 Å². The second-order valence-electron chi connectivity index (χ2n) is 11.5. The van der Waals surface area contributed by atoms with Gasteiger partial charge in [-0.25, -0.2) is 9.59 Å². The number of methoxy groups -OCH3 is 1. The number of rotatable bonds is 8. The molecule has 4 rings (SSSR count). The van der Waals surface area contributed by atoms with Gasteiger partial charge in [0.25, 0.3) is 0 Å². The van der Waals surface area contributed by atoms with Gasteiger partial charge in [0, 0.05) is 18.0 Å². The fourth-order valence-electron chi connectivity index (χ4n) is 5.04. The van der Waals surface area contributed by atoms with Crippen molar-refractivity contribution in [3.8, 4) is 11.5 Å². The van der Waals surface area contributed by atoms with Gasteiger partial charge in [-0.3, -0.25) is 4.79 Å². The summed E-state index contributed by atoms with van der Waals surface area (Å²) in [6.45, 7) is 6.83. The molecule has 1 aliphatic rings. The van der Waals surface area contributed by atoms with E-state index in [2.05, 4.69) is 5.32 Å². The van der Waals surface area contributed by atoms with Crippen LogP contribution in [0.5, 0.6) is 11.5 Å². The van der Waals surface area contributed by atoms with Gasteiger partial charge in [0.05, 0.1) is 31.0 Å². The molecule has 228 valence electrons. The maximum Gasteiger partial charge on any atom is 0.410 e. The Labute approximate surface area is 256 Å². The van der Waals surface area contributed by atoms with Crippen molar-refractivity contribution in [3.05, 3.63) is 87.9 Å². The van der Waals surface area contributed by atoms with Gasteiger partial charge < -0.3 is 29.5 Å². The van der Waals surface area contributed by atoms with Crippen molar-refractivity contribution in [2.75, 3.05) is 19.0 Å². The summed E-state index contributed by atoms with van der Waals surface area (Å²) in [5.74, 6) is 0.0142. The molecule has 10 heteroatoms. The fourth-order valence-corrected chi connectivity index (χ4v) is 5.24. The van der Waals surface area contributed by atoms with Crippen LogP contribution in [0.15, 0.2) is 60.7 Å². The Morgan fingerprint density at radius 1 is 1.05 bits per heavy atom. The van der Waals surface area contributed by atoms with Crippen molar-refractivity contribution in [2.24, 2.45) is 0 Å². The third kappa shape index (κ3) is 8.49. The van der Waals surface area contributed by atoms with Gasteiger partial charge in [0.1, 0.15) is 17.1 Å². The van der Waals surface area contributed by atoms with Crippen LogP contribution in [0.2, 0.25) is 5.02 Å². The highest BCUT2D eigenvalue weighted by Gasteiger charge is 2.33. The Kier molecular flexibility index (Phi) is 9.98. The van der Waals surface area contributed by atoms with Crippen LogP contribution in [0.1, 0.15) is 67.3 Å². The topological polar surface area (TPSA) is 114 Å². The lowest BCUT2D eigenvalue weighted by atomic mass is 9.87. The Hall–Kier alpha value is -4.08. The van der Waals surface area contributed by atoms with Crippen LogP contribution in [0.4, 0.5) is 10.5 Å². The second-order valence-corrected chi connectivity index (χ2v) is 11.9. The summed E-state index contributed by atoms with van der Waals surface area (Å²) in [6.07, 6.45) is 0.505. The van der Waals surface area contributed by atoms with Crippen LogP contribution >= 0.6 is 11.6 Å². The number of halogens is 1. The number of nitrogens with one attached hydrogen (secondary N) is 1. The number of aryl methyl sites for hydroxylation is 1. The van der Waals surface area contributed by atoms with Crippen molar-refractivity contribution in [3.63, 3.8) is 0 Å². The van der Waals surface area contributed by atoms with E-state index < -0.39 is 23.8 Å². The van der Waals surface area contributed by atoms with Gasteiger partial charge in [-0.15, -0.1) is 0 Å². The summed E-state index contributed by atoms with van der Waals surface area (Å²) in [5, 5.41) is 14.2. The molecule has 0 radical (unpaired) electrons. The highest BCUT2D eigenvalue weighted by Crippen LogP contribution is 2.33. The first-order valence-corrected chi connectivity index (χ1v) is 14.4. The minimum Gasteiger partial charge on any atom is -0.465 e. The van der Waals surface area contributed by atoms with Gasteiger partial charge in [0.15, 0.2) is 0 Å². The zero-order valence-electron chi connectivity index (χ0n) is 25.0. The molecule has 0 aliphatic heterocycles. The number of esters is 1. The third-order valence-corrected chi connectivity index (χ3v) is 7.23. The molecule has 2 atom stereocenters. The fraction of sp³-hybridized carbons (Fsp3) is 0.364. The molecule has 0 heterocycles. The minimum absolute atomic E-state index is 0.0440. The lowest BCUT2D eigenvalue weighted by Crippen LogP contribution is -2.47. The summed E-state index contributed by atoms with van der Waals surface area (Å²) in [7, 11) is 1.27. The highest BCUT2D eigenvalue weighted by molar-refractivity contribution is 6.30. The standard InChI is InChI=1S/C33H37ClN2O7/c1-20(37)35-29-14-13-27(18-28(29)31(39)41-5)42-26-12-10-21-9-11-25(16-23(21)17-26)36(32(40)43-33(2,3)4)19-30(38)22-7-6-8-24(34)15-22/h6-8,10,12-15,17-18,25,30,38H,9,11,16,19H2,1-5H3,(H,35,37)/t25-,30-/m0/s1. The van der Waals surface area contributed by atoms with Gasteiger partial charge in [-0.1, -0.05) is 29.8 Å². The number of fused-ring (bicyclic) bond motifs is 1. The van der Waals surface area contributed by atoms with Crippen molar-refractivity contribution < 1.29 is 33.7 Å². The quantitative estimate of drug-likeness (QED) is 0.273. The number of anilines is 1. The van der Waals surface area contributed by atoms with E-state index in [1.54, 1.807) is 41.3 Å². The number of ether oxygens (including phenoxy) is 3. The Bertz CT molecular complexity index is 1500. The summed E-state index contributed by atoms with van der Waals surface area (Å²) < 4.78 is 16.7. The van der Waals surface area contributed by atoms with E-state index in [-0.39, 0.29) is 24.1 Å². The van der Waals surface area contributed by atoms with Crippen LogP contribution in [0.25, 0.3) is 0 Å². The predicted molar refractivity (Wildman–Crippen MR) is 164 cm³/mol. The van der Waals surface area contributed by atoms with Crippen LogP contribution in [-0.4, -0.2) is 53.3 Å². The molecule has 43 heavy (non-hydrogen) atoms. The van der Waals surface area contributed by atoms with Gasteiger partial charge in [0.2, 0.25) is 5.91 Å². The second kappa shape index (κ2) is 13.5. The van der Waals surface area contributed by atoms with Gasteiger partial charge in [-0.05, 0) is 99.2 Å². The van der Waals surface area contributed by atoms with E-state index in [1.807, 2.05) is 39.0 Å². The molecule has 0 bridgehead atoms. The summed E-state index contributed by atoms with van der Waals surface area (Å²) in [4.78, 5) is 38.9. The van der Waals surface area contributed by atoms with Crippen LogP contribution in [0.3, 0.4) is 0 Å². The zero-order valence-corrected chi connectivity index (χ0v) is 25.7. The van der Waals surface area contributed by atoms with E-state index in [4.69, 9.17) is 25.8 Å². The number of nitrogens with zero attached hydrogens (tertiary/aromatic N) is 1. The summed E-state index contributed by atoms with van der Waals surface area (Å²) >= 11 is 6.14. The lowest BCUT2D eigenvalue weighted by Gasteiger charge is -2.37. The van der Waals surface area contributed by atoms with E-state index in [0.29, 0.717) is 40.6 Å². The highest BCUT2D eigenvalue weighted by atomic mass is 35.5. The molecular formula is C33H37ClN2O7. The third-order valence-electron chi connectivity index (χ3n) is 6.99. The molecule has 0 spiro atoms. The van der Waals surface area contributed by atoms with Crippen molar-refractivity contribution in [2.45, 2.75) is 64.7 Å². The van der Waals surface area contributed by atoms with Crippen molar-refractivity contribution >= 4 is 35.3 Å². The molecule has 9 nitrogen and oxygen atoms in total. The van der Waals surface area contributed by atoms with Crippen LogP contribution in [0, 0.1) is 0 Å². The number of carbonyl (C=O) groups excluding carboxylic acids is 3. The number of amides is 2. The number of aliphatic hydroxyl groups is 1. The van der Waals surface area contributed by atoms with Crippen molar-refractivity contribution in [1.82, 2.24) is 4.90 Å². The van der Waals surface area contributed by atoms with Crippen molar-refractivity contribution in [1.29, 1.82) is 0 Å². The normalized spacial score (nSPS) is 15.1. The summed E-state index contributed by atoms with van der Waals surface area (Å²) in [6, 6.07) is 17.2. The first-order valence-electron chi connectivity index (χ1n) is 14.1. The van der Waals surface area contributed by atoms with Crippen LogP contribution < -0.4 is 10.1 Å². The number of carbonyl (C=O) groups is 3. The number of hydrogen-bond donors (Lipinski definition) is 2. The predicted octanol–water partition coefficient (Wildman–Crippen LogP) is 6.71. The maximum atomic E-state index is 13.4.